The maximum atomic E-state index is 14.0. The van der Waals surface area contributed by atoms with Crippen LogP contribution in [0.5, 0.6) is 0 Å². The Hall–Kier alpha value is -3.92. The van der Waals surface area contributed by atoms with Crippen molar-refractivity contribution < 1.29 is 14.3 Å². The van der Waals surface area contributed by atoms with E-state index in [1.807, 2.05) is 43.9 Å². The first kappa shape index (κ1) is 36.4. The van der Waals surface area contributed by atoms with Crippen molar-refractivity contribution in [3.63, 3.8) is 0 Å². The molecule has 2 aliphatic rings. The number of H-pyrrole nitrogens is 1. The van der Waals surface area contributed by atoms with E-state index in [0.717, 1.165) is 91.1 Å². The number of aromatic nitrogens is 1. The number of pyridine rings is 1. The molecular weight excluding hydrogens is 638 g/mol. The number of carbonyl (C=O) groups excluding carboxylic acids is 2. The van der Waals surface area contributed by atoms with Crippen molar-refractivity contribution in [1.82, 2.24) is 20.1 Å². The van der Waals surface area contributed by atoms with E-state index < -0.39 is 0 Å². The number of aryl methyl sites for hydroxylation is 2. The van der Waals surface area contributed by atoms with E-state index in [9.17, 15) is 14.4 Å². The van der Waals surface area contributed by atoms with Crippen LogP contribution in [0.25, 0.3) is 11.1 Å². The number of methoxy groups -OCH3 is 1. The van der Waals surface area contributed by atoms with Gasteiger partial charge < -0.3 is 24.8 Å². The van der Waals surface area contributed by atoms with Crippen LogP contribution in [0.1, 0.15) is 70.9 Å². The molecule has 0 radical (unpaired) electrons. The van der Waals surface area contributed by atoms with Crippen molar-refractivity contribution >= 4 is 29.1 Å². The van der Waals surface area contributed by atoms with Crippen molar-refractivity contribution in [3.8, 4) is 11.1 Å². The summed E-state index contributed by atoms with van der Waals surface area (Å²) in [6, 6.07) is 12.4. The van der Waals surface area contributed by atoms with Crippen molar-refractivity contribution in [2.45, 2.75) is 78.6 Å². The Morgan fingerprint density at radius 1 is 1.04 bits per heavy atom. The molecule has 262 valence electrons. The van der Waals surface area contributed by atoms with Crippen LogP contribution in [-0.2, 0) is 22.6 Å². The first-order valence-electron chi connectivity index (χ1n) is 17.4. The van der Waals surface area contributed by atoms with Crippen LogP contribution in [0.4, 0.5) is 5.69 Å². The summed E-state index contributed by atoms with van der Waals surface area (Å²) in [5, 5.41) is 3.72. The highest BCUT2D eigenvalue weighted by atomic mass is 35.5. The number of hydrogen-bond donors (Lipinski definition) is 2. The Balaban J connectivity index is 1.46. The number of rotatable bonds is 11. The van der Waals surface area contributed by atoms with Crippen molar-refractivity contribution in [2.24, 2.45) is 0 Å². The van der Waals surface area contributed by atoms with Crippen LogP contribution in [0.15, 0.2) is 53.8 Å². The standard InChI is InChI=1S/C39H50ClN5O4/c1-7-37(46)44-17-11-31(12-18-44)45(8-2)36-22-30(28-9-10-29(35(40)21-28)24-43-15-13-32(49-6)14-16-43)20-33(27(36)5)38(47)41-23-34-25(3)19-26(4)42-39(34)48/h7,9-10,19-22,31-32H,1,8,11-18,23-24H2,2-6H3,(H,41,47)(H,42,48). The predicted octanol–water partition coefficient (Wildman–Crippen LogP) is 6.16. The molecule has 5 rings (SSSR count). The van der Waals surface area contributed by atoms with E-state index in [-0.39, 0.29) is 30.0 Å². The van der Waals surface area contributed by atoms with E-state index in [0.29, 0.717) is 35.3 Å². The Labute approximate surface area is 295 Å². The number of anilines is 1. The molecule has 0 spiro atoms. The van der Waals surface area contributed by atoms with Gasteiger partial charge in [-0.25, -0.2) is 0 Å². The first-order valence-corrected chi connectivity index (χ1v) is 17.7. The third-order valence-corrected chi connectivity index (χ3v) is 10.6. The first-order chi connectivity index (χ1) is 23.5. The normalized spacial score (nSPS) is 16.1. The fourth-order valence-corrected chi connectivity index (χ4v) is 7.56. The highest BCUT2D eigenvalue weighted by Gasteiger charge is 2.28. The van der Waals surface area contributed by atoms with Crippen molar-refractivity contribution in [2.75, 3.05) is 44.7 Å². The second-order valence-electron chi connectivity index (χ2n) is 13.4. The second kappa shape index (κ2) is 16.2. The van der Waals surface area contributed by atoms with Crippen LogP contribution in [0.3, 0.4) is 0 Å². The summed E-state index contributed by atoms with van der Waals surface area (Å²) < 4.78 is 5.54. The van der Waals surface area contributed by atoms with E-state index in [2.05, 4.69) is 51.8 Å². The topological polar surface area (TPSA) is 98.0 Å². The number of halogens is 1. The van der Waals surface area contributed by atoms with E-state index in [4.69, 9.17) is 16.3 Å². The molecule has 0 bridgehead atoms. The molecular formula is C39H50ClN5O4. The molecule has 0 unspecified atom stereocenters. The molecule has 2 aliphatic heterocycles. The summed E-state index contributed by atoms with van der Waals surface area (Å²) >= 11 is 6.94. The number of hydrogen-bond acceptors (Lipinski definition) is 6. The van der Waals surface area contributed by atoms with Crippen molar-refractivity contribution in [1.29, 1.82) is 0 Å². The minimum absolute atomic E-state index is 0.0407. The highest BCUT2D eigenvalue weighted by Crippen LogP contribution is 2.36. The van der Waals surface area contributed by atoms with Crippen LogP contribution >= 0.6 is 11.6 Å². The van der Waals surface area contributed by atoms with E-state index >= 15 is 0 Å². The van der Waals surface area contributed by atoms with Crippen LogP contribution in [0, 0.1) is 20.8 Å². The summed E-state index contributed by atoms with van der Waals surface area (Å²) in [6.45, 7) is 16.4. The summed E-state index contributed by atoms with van der Waals surface area (Å²) in [7, 11) is 1.78. The number of carbonyl (C=O) groups is 2. The van der Waals surface area contributed by atoms with Gasteiger partial charge in [-0.15, -0.1) is 0 Å². The number of aromatic amines is 1. The summed E-state index contributed by atoms with van der Waals surface area (Å²) in [6.07, 6.45) is 5.36. The maximum absolute atomic E-state index is 14.0. The quantitative estimate of drug-likeness (QED) is 0.234. The van der Waals surface area contributed by atoms with Gasteiger partial charge in [0.25, 0.3) is 11.5 Å². The molecule has 2 aromatic carbocycles. The van der Waals surface area contributed by atoms with Crippen molar-refractivity contribution in [3.05, 3.63) is 97.9 Å². The third kappa shape index (κ3) is 8.46. The van der Waals surface area contributed by atoms with Gasteiger partial charge in [0.1, 0.15) is 0 Å². The van der Waals surface area contributed by atoms with E-state index in [1.165, 1.54) is 6.08 Å². The van der Waals surface area contributed by atoms with Gasteiger partial charge in [0.05, 0.1) is 6.10 Å². The number of ether oxygens (including phenoxy) is 1. The Bertz CT molecular complexity index is 1740. The summed E-state index contributed by atoms with van der Waals surface area (Å²) in [5.74, 6) is -0.286. The molecule has 1 aromatic heterocycles. The van der Waals surface area contributed by atoms with Gasteiger partial charge in [0, 0.05) is 86.5 Å². The monoisotopic (exact) mass is 687 g/mol. The lowest BCUT2D eigenvalue weighted by Crippen LogP contribution is -2.46. The minimum atomic E-state index is -0.246. The molecule has 49 heavy (non-hydrogen) atoms. The van der Waals surface area contributed by atoms with Gasteiger partial charge in [-0.3, -0.25) is 19.3 Å². The lowest BCUT2D eigenvalue weighted by molar-refractivity contribution is -0.127. The summed E-state index contributed by atoms with van der Waals surface area (Å²) in [4.78, 5) is 48.4. The summed E-state index contributed by atoms with van der Waals surface area (Å²) in [5.41, 5.74) is 7.24. The molecule has 0 saturated carbocycles. The molecule has 10 heteroatoms. The fourth-order valence-electron chi connectivity index (χ4n) is 7.32. The van der Waals surface area contributed by atoms with E-state index in [1.54, 1.807) is 7.11 Å². The van der Waals surface area contributed by atoms with Crippen LogP contribution < -0.4 is 15.8 Å². The predicted molar refractivity (Wildman–Crippen MR) is 197 cm³/mol. The van der Waals surface area contributed by atoms with Crippen LogP contribution in [-0.4, -0.2) is 78.6 Å². The average molecular weight is 688 g/mol. The number of likely N-dealkylation sites (tertiary alicyclic amines) is 2. The Morgan fingerprint density at radius 2 is 1.76 bits per heavy atom. The van der Waals surface area contributed by atoms with Gasteiger partial charge in [-0.05, 0) is 112 Å². The molecule has 2 saturated heterocycles. The Kier molecular flexibility index (Phi) is 12.0. The zero-order valence-corrected chi connectivity index (χ0v) is 30.3. The SMILES string of the molecule is C=CC(=O)N1CCC(N(CC)c2cc(-c3ccc(CN4CCC(OC)CC4)c(Cl)c3)cc(C(=O)NCc3c(C)cc(C)[nH]c3=O)c2C)CC1. The lowest BCUT2D eigenvalue weighted by Gasteiger charge is -2.40. The maximum Gasteiger partial charge on any atom is 0.253 e. The number of nitrogens with zero attached hydrogens (tertiary/aromatic N) is 3. The highest BCUT2D eigenvalue weighted by molar-refractivity contribution is 6.31. The largest absolute Gasteiger partial charge is 0.381 e. The minimum Gasteiger partial charge on any atom is -0.381 e. The molecule has 0 atom stereocenters. The zero-order chi connectivity index (χ0) is 35.2. The smallest absolute Gasteiger partial charge is 0.253 e. The zero-order valence-electron chi connectivity index (χ0n) is 29.5. The van der Waals surface area contributed by atoms with Gasteiger partial charge in [-0.2, -0.15) is 0 Å². The van der Waals surface area contributed by atoms with Crippen LogP contribution in [0.2, 0.25) is 5.02 Å². The third-order valence-electron chi connectivity index (χ3n) is 10.2. The number of nitrogens with one attached hydrogen (secondary N) is 2. The molecule has 2 amide bonds. The molecule has 0 aliphatic carbocycles. The molecule has 3 aromatic rings. The molecule has 9 nitrogen and oxygen atoms in total. The van der Waals surface area contributed by atoms with Gasteiger partial charge in [-0.1, -0.05) is 30.3 Å². The van der Waals surface area contributed by atoms with Gasteiger partial charge in [0.15, 0.2) is 0 Å². The molecule has 3 heterocycles. The molecule has 2 N–H and O–H groups in total. The number of piperidine rings is 2. The second-order valence-corrected chi connectivity index (χ2v) is 13.8. The van der Waals surface area contributed by atoms with Gasteiger partial charge in [0.2, 0.25) is 5.91 Å². The fraction of sp³-hybridized carbons (Fsp3) is 0.462. The van der Waals surface area contributed by atoms with Gasteiger partial charge >= 0.3 is 0 Å². The molecule has 2 fully saturated rings. The average Bonchev–Trinajstić information content (AvgIpc) is 3.09. The number of benzene rings is 2. The number of amides is 2. The Morgan fingerprint density at radius 3 is 2.37 bits per heavy atom. The lowest BCUT2D eigenvalue weighted by atomic mass is 9.94.